The first-order valence-electron chi connectivity index (χ1n) is 5.27. The molecule has 1 saturated heterocycles. The maximum atomic E-state index is 11.4. The summed E-state index contributed by atoms with van der Waals surface area (Å²) in [6.45, 7) is 0.133. The van der Waals surface area contributed by atoms with Crippen molar-refractivity contribution in [3.63, 3.8) is 0 Å². The molecule has 0 bridgehead atoms. The summed E-state index contributed by atoms with van der Waals surface area (Å²) in [6, 6.07) is 3.38. The highest BCUT2D eigenvalue weighted by Gasteiger charge is 2.24. The Kier molecular flexibility index (Phi) is 2.48. The van der Waals surface area contributed by atoms with Gasteiger partial charge in [0.05, 0.1) is 11.4 Å². The fourth-order valence-corrected chi connectivity index (χ4v) is 2.17. The molecule has 0 unspecified atom stereocenters. The molecule has 1 aromatic carbocycles. The molecule has 2 aliphatic heterocycles. The van der Waals surface area contributed by atoms with Gasteiger partial charge in [0.1, 0.15) is 0 Å². The van der Waals surface area contributed by atoms with Gasteiger partial charge in [-0.15, -0.1) is 0 Å². The molecule has 0 saturated carbocycles. The smallest absolute Gasteiger partial charge is 0.254 e. The maximum absolute atomic E-state index is 11.4. The fourth-order valence-electron chi connectivity index (χ4n) is 1.89. The third-order valence-corrected chi connectivity index (χ3v) is 2.97. The normalized spacial score (nSPS) is 19.5. The highest BCUT2D eigenvalue weighted by atomic mass is 35.5. The van der Waals surface area contributed by atoms with Gasteiger partial charge in [0.25, 0.3) is 5.91 Å². The van der Waals surface area contributed by atoms with Crippen LogP contribution in [0.4, 0.5) is 0 Å². The second-order valence-electron chi connectivity index (χ2n) is 3.96. The van der Waals surface area contributed by atoms with Crippen molar-refractivity contribution in [2.45, 2.75) is 6.42 Å². The molecule has 2 amide bonds. The lowest BCUT2D eigenvalue weighted by Gasteiger charge is -2.01. The van der Waals surface area contributed by atoms with Crippen LogP contribution in [0.2, 0.25) is 5.02 Å². The van der Waals surface area contributed by atoms with Crippen molar-refractivity contribution in [2.24, 2.45) is 0 Å². The van der Waals surface area contributed by atoms with E-state index in [1.807, 2.05) is 0 Å². The molecule has 3 rings (SSSR count). The van der Waals surface area contributed by atoms with Gasteiger partial charge in [0.15, 0.2) is 11.5 Å². The van der Waals surface area contributed by atoms with Gasteiger partial charge in [-0.25, -0.2) is 0 Å². The molecule has 1 aromatic rings. The summed E-state index contributed by atoms with van der Waals surface area (Å²) in [7, 11) is 0. The molecule has 2 heterocycles. The van der Waals surface area contributed by atoms with Crippen LogP contribution in [0, 0.1) is 0 Å². The number of benzene rings is 1. The van der Waals surface area contributed by atoms with E-state index in [1.165, 1.54) is 0 Å². The van der Waals surface area contributed by atoms with Crippen molar-refractivity contribution in [3.8, 4) is 11.5 Å². The molecule has 1 fully saturated rings. The van der Waals surface area contributed by atoms with Gasteiger partial charge in [0.2, 0.25) is 12.7 Å². The molecule has 1 N–H and O–H groups in total. The zero-order valence-corrected chi connectivity index (χ0v) is 9.91. The zero-order chi connectivity index (χ0) is 12.7. The number of amides is 2. The summed E-state index contributed by atoms with van der Waals surface area (Å²) < 4.78 is 10.4. The molecule has 2 aliphatic rings. The number of hydrogen-bond acceptors (Lipinski definition) is 4. The number of halogens is 1. The van der Waals surface area contributed by atoms with Crippen LogP contribution in [0.15, 0.2) is 17.7 Å². The fraction of sp³-hybridized carbons (Fsp3) is 0.167. The van der Waals surface area contributed by atoms with E-state index in [9.17, 15) is 9.59 Å². The molecule has 0 radical (unpaired) electrons. The number of rotatable bonds is 1. The second-order valence-corrected chi connectivity index (χ2v) is 4.37. The molecule has 92 valence electrons. The quantitative estimate of drug-likeness (QED) is 0.617. The first-order chi connectivity index (χ1) is 8.63. The average molecular weight is 266 g/mol. The van der Waals surface area contributed by atoms with Crippen LogP contribution in [0.3, 0.4) is 0 Å². The van der Waals surface area contributed by atoms with Crippen molar-refractivity contribution >= 4 is 29.5 Å². The lowest BCUT2D eigenvalue weighted by Crippen LogP contribution is -2.19. The molecular formula is C12H8ClNO4. The molecule has 6 heteroatoms. The van der Waals surface area contributed by atoms with E-state index in [4.69, 9.17) is 21.1 Å². The summed E-state index contributed by atoms with van der Waals surface area (Å²) in [5.41, 5.74) is 1.11. The summed E-state index contributed by atoms with van der Waals surface area (Å²) in [4.78, 5) is 22.5. The third-order valence-electron chi connectivity index (χ3n) is 2.69. The second kappa shape index (κ2) is 4.03. The van der Waals surface area contributed by atoms with Crippen LogP contribution in [0.1, 0.15) is 12.0 Å². The highest BCUT2D eigenvalue weighted by molar-refractivity contribution is 6.32. The Labute approximate surface area is 107 Å². The summed E-state index contributed by atoms with van der Waals surface area (Å²) >= 11 is 6.02. The molecule has 0 spiro atoms. The molecule has 0 atom stereocenters. The third kappa shape index (κ3) is 1.82. The van der Waals surface area contributed by atoms with E-state index in [1.54, 1.807) is 18.2 Å². The first-order valence-corrected chi connectivity index (χ1v) is 5.65. The van der Waals surface area contributed by atoms with E-state index in [0.717, 1.165) is 0 Å². The van der Waals surface area contributed by atoms with Crippen LogP contribution in [0.25, 0.3) is 6.08 Å². The zero-order valence-electron chi connectivity index (χ0n) is 9.16. The maximum Gasteiger partial charge on any atom is 0.254 e. The first kappa shape index (κ1) is 11.1. The average Bonchev–Trinajstić information content (AvgIpc) is 2.86. The molecule has 5 nitrogen and oxygen atoms in total. The van der Waals surface area contributed by atoms with Gasteiger partial charge < -0.3 is 9.47 Å². The number of ether oxygens (including phenoxy) is 2. The lowest BCUT2D eigenvalue weighted by atomic mass is 10.1. The van der Waals surface area contributed by atoms with E-state index >= 15 is 0 Å². The SMILES string of the molecule is O=C1CC(=Cc2cc(Cl)c3c(c2)OCO3)C(=O)N1. The number of fused-ring (bicyclic) bond motifs is 1. The molecule has 0 aromatic heterocycles. The van der Waals surface area contributed by atoms with Gasteiger partial charge >= 0.3 is 0 Å². The van der Waals surface area contributed by atoms with Crippen LogP contribution in [-0.4, -0.2) is 18.6 Å². The van der Waals surface area contributed by atoms with Crippen molar-refractivity contribution in [1.29, 1.82) is 0 Å². The lowest BCUT2D eigenvalue weighted by molar-refractivity contribution is -0.124. The minimum Gasteiger partial charge on any atom is -0.454 e. The number of carbonyl (C=O) groups is 2. The minimum absolute atomic E-state index is 0.0882. The predicted octanol–water partition coefficient (Wildman–Crippen LogP) is 1.50. The largest absolute Gasteiger partial charge is 0.454 e. The summed E-state index contributed by atoms with van der Waals surface area (Å²) in [5, 5.41) is 2.64. The van der Waals surface area contributed by atoms with Crippen molar-refractivity contribution < 1.29 is 19.1 Å². The highest BCUT2D eigenvalue weighted by Crippen LogP contribution is 2.40. The Bertz CT molecular complexity index is 594. The molecular weight excluding hydrogens is 258 g/mol. The van der Waals surface area contributed by atoms with Gasteiger partial charge in [0, 0.05) is 5.57 Å². The Morgan fingerprint density at radius 1 is 1.28 bits per heavy atom. The van der Waals surface area contributed by atoms with Gasteiger partial charge in [-0.05, 0) is 23.8 Å². The monoisotopic (exact) mass is 265 g/mol. The van der Waals surface area contributed by atoms with Crippen LogP contribution in [-0.2, 0) is 9.59 Å². The van der Waals surface area contributed by atoms with Crippen LogP contribution in [0.5, 0.6) is 11.5 Å². The minimum atomic E-state index is -0.367. The molecule has 18 heavy (non-hydrogen) atoms. The molecule has 0 aliphatic carbocycles. The number of imide groups is 1. The summed E-state index contributed by atoms with van der Waals surface area (Å²) in [5.74, 6) is 0.386. The van der Waals surface area contributed by atoms with E-state index in [0.29, 0.717) is 27.7 Å². The van der Waals surface area contributed by atoms with Crippen molar-refractivity contribution in [3.05, 3.63) is 28.3 Å². The van der Waals surface area contributed by atoms with E-state index in [2.05, 4.69) is 5.32 Å². The van der Waals surface area contributed by atoms with Crippen LogP contribution < -0.4 is 14.8 Å². The van der Waals surface area contributed by atoms with Crippen molar-refractivity contribution in [1.82, 2.24) is 5.32 Å². The standard InChI is InChI=1S/C12H8ClNO4/c13-8-2-6(3-9-11(8)18-5-17-9)1-7-4-10(15)14-12(7)16/h1-3H,4-5H2,(H,14,15,16). The van der Waals surface area contributed by atoms with E-state index < -0.39 is 0 Å². The topological polar surface area (TPSA) is 64.6 Å². The Balaban J connectivity index is 1.99. The summed E-state index contributed by atoms with van der Waals surface area (Å²) in [6.07, 6.45) is 1.71. The van der Waals surface area contributed by atoms with Crippen molar-refractivity contribution in [2.75, 3.05) is 6.79 Å². The number of nitrogens with one attached hydrogen (secondary N) is 1. The number of hydrogen-bond donors (Lipinski definition) is 1. The Morgan fingerprint density at radius 3 is 2.83 bits per heavy atom. The predicted molar refractivity (Wildman–Crippen MR) is 63.3 cm³/mol. The van der Waals surface area contributed by atoms with Gasteiger partial charge in [-0.2, -0.15) is 0 Å². The Morgan fingerprint density at radius 2 is 2.11 bits per heavy atom. The Hall–Kier alpha value is -2.01. The van der Waals surface area contributed by atoms with Gasteiger partial charge in [-0.3, -0.25) is 14.9 Å². The van der Waals surface area contributed by atoms with Gasteiger partial charge in [-0.1, -0.05) is 11.6 Å². The van der Waals surface area contributed by atoms with Crippen LogP contribution >= 0.6 is 11.6 Å². The van der Waals surface area contributed by atoms with E-state index in [-0.39, 0.29) is 25.0 Å². The number of carbonyl (C=O) groups excluding carboxylic acids is 2.